The van der Waals surface area contributed by atoms with Gasteiger partial charge < -0.3 is 5.32 Å². The third-order valence-corrected chi connectivity index (χ3v) is 2.27. The molecule has 2 nitrogen and oxygen atoms in total. The maximum Gasteiger partial charge on any atom is 0.101 e. The van der Waals surface area contributed by atoms with Gasteiger partial charge in [0.25, 0.3) is 0 Å². The first-order valence-electron chi connectivity index (χ1n) is 5.03. The van der Waals surface area contributed by atoms with Crippen LogP contribution < -0.4 is 5.32 Å². The highest BCUT2D eigenvalue weighted by Gasteiger charge is 2.08. The van der Waals surface area contributed by atoms with E-state index in [9.17, 15) is 0 Å². The monoisotopic (exact) mass is 192 g/mol. The lowest BCUT2D eigenvalue weighted by Crippen LogP contribution is -2.07. The molecule has 0 aromatic carbocycles. The average molecular weight is 192 g/mol. The van der Waals surface area contributed by atoms with Crippen molar-refractivity contribution < 1.29 is 0 Å². The van der Waals surface area contributed by atoms with Gasteiger partial charge in [-0.15, -0.1) is 0 Å². The maximum atomic E-state index is 9.09. The number of nitrogens with zero attached hydrogens (tertiary/aromatic N) is 1. The fraction of sp³-hybridized carbons (Fsp3) is 0.583. The van der Waals surface area contributed by atoms with E-state index in [1.807, 2.05) is 14.0 Å². The molecule has 2 heteroatoms. The van der Waals surface area contributed by atoms with Gasteiger partial charge in [-0.25, -0.2) is 0 Å². The van der Waals surface area contributed by atoms with E-state index in [0.29, 0.717) is 0 Å². The van der Waals surface area contributed by atoms with Crippen LogP contribution in [0.4, 0.5) is 0 Å². The third kappa shape index (κ3) is 3.26. The van der Waals surface area contributed by atoms with Crippen LogP contribution in [-0.2, 0) is 0 Å². The van der Waals surface area contributed by atoms with Crippen LogP contribution in [0.25, 0.3) is 0 Å². The molecule has 0 atom stereocenters. The van der Waals surface area contributed by atoms with Crippen molar-refractivity contribution in [3.8, 4) is 6.07 Å². The Hall–Kier alpha value is -1.23. The van der Waals surface area contributed by atoms with Gasteiger partial charge in [0.05, 0.1) is 5.57 Å². The van der Waals surface area contributed by atoms with Gasteiger partial charge >= 0.3 is 0 Å². The maximum absolute atomic E-state index is 9.09. The standard InChI is InChI=1S/C12H20N2/c1-6-7-11(9(2)3)12(8-13)10(4)14-5/h14H,6-7H2,1-5H3/b12-10+. The number of nitriles is 1. The van der Waals surface area contributed by atoms with E-state index < -0.39 is 0 Å². The molecular weight excluding hydrogens is 172 g/mol. The fourth-order valence-corrected chi connectivity index (χ4v) is 1.38. The van der Waals surface area contributed by atoms with Gasteiger partial charge in [-0.3, -0.25) is 0 Å². The minimum absolute atomic E-state index is 0.800. The second-order valence-corrected chi connectivity index (χ2v) is 3.59. The predicted molar refractivity (Wildman–Crippen MR) is 60.7 cm³/mol. The Balaban J connectivity index is 5.22. The van der Waals surface area contributed by atoms with Gasteiger partial charge in [-0.1, -0.05) is 18.9 Å². The Kier molecular flexibility index (Phi) is 5.71. The quantitative estimate of drug-likeness (QED) is 0.548. The molecule has 14 heavy (non-hydrogen) atoms. The molecule has 0 aliphatic heterocycles. The zero-order valence-corrected chi connectivity index (χ0v) is 9.86. The van der Waals surface area contributed by atoms with Gasteiger partial charge in [0.2, 0.25) is 0 Å². The highest BCUT2D eigenvalue weighted by Crippen LogP contribution is 2.21. The molecule has 0 radical (unpaired) electrons. The molecule has 0 aromatic rings. The van der Waals surface area contributed by atoms with Crippen LogP contribution in [-0.4, -0.2) is 7.05 Å². The Morgan fingerprint density at radius 1 is 1.29 bits per heavy atom. The van der Waals surface area contributed by atoms with Crippen molar-refractivity contribution in [1.82, 2.24) is 5.32 Å². The normalized spacial score (nSPS) is 11.4. The van der Waals surface area contributed by atoms with E-state index in [1.165, 1.54) is 11.1 Å². The Morgan fingerprint density at radius 2 is 1.86 bits per heavy atom. The molecule has 0 aliphatic rings. The minimum atomic E-state index is 0.800. The summed E-state index contributed by atoms with van der Waals surface area (Å²) < 4.78 is 0. The van der Waals surface area contributed by atoms with Crippen LogP contribution in [0.2, 0.25) is 0 Å². The van der Waals surface area contributed by atoms with Gasteiger partial charge in [-0.2, -0.15) is 5.26 Å². The fourth-order valence-electron chi connectivity index (χ4n) is 1.38. The number of hydrogen-bond acceptors (Lipinski definition) is 2. The minimum Gasteiger partial charge on any atom is -0.391 e. The first-order chi connectivity index (χ1) is 6.58. The highest BCUT2D eigenvalue weighted by atomic mass is 14.8. The number of rotatable bonds is 4. The Labute approximate surface area is 87.3 Å². The largest absolute Gasteiger partial charge is 0.391 e. The SMILES string of the molecule is CCCC(=C(C)C)/C(C#N)=C(\C)NC. The lowest BCUT2D eigenvalue weighted by Gasteiger charge is -2.10. The molecule has 0 unspecified atom stereocenters. The summed E-state index contributed by atoms with van der Waals surface area (Å²) in [5.74, 6) is 0. The van der Waals surface area contributed by atoms with E-state index in [4.69, 9.17) is 5.26 Å². The average Bonchev–Trinajstić information content (AvgIpc) is 2.16. The molecule has 0 saturated carbocycles. The lowest BCUT2D eigenvalue weighted by atomic mass is 9.96. The summed E-state index contributed by atoms with van der Waals surface area (Å²) in [6.07, 6.45) is 2.05. The first-order valence-corrected chi connectivity index (χ1v) is 5.03. The molecule has 0 bridgehead atoms. The summed E-state index contributed by atoms with van der Waals surface area (Å²) in [4.78, 5) is 0. The molecule has 0 aliphatic carbocycles. The molecule has 0 heterocycles. The number of nitrogens with one attached hydrogen (secondary N) is 1. The summed E-state index contributed by atoms with van der Waals surface area (Å²) in [6, 6.07) is 2.28. The second kappa shape index (κ2) is 6.26. The molecule has 0 amide bonds. The van der Waals surface area contributed by atoms with E-state index in [1.54, 1.807) is 0 Å². The molecule has 0 spiro atoms. The van der Waals surface area contributed by atoms with Crippen LogP contribution in [0.15, 0.2) is 22.4 Å². The lowest BCUT2D eigenvalue weighted by molar-refractivity contribution is 0.885. The third-order valence-electron chi connectivity index (χ3n) is 2.27. The summed E-state index contributed by atoms with van der Waals surface area (Å²) in [5, 5.41) is 12.1. The summed E-state index contributed by atoms with van der Waals surface area (Å²) >= 11 is 0. The molecule has 0 saturated heterocycles. The van der Waals surface area contributed by atoms with Crippen molar-refractivity contribution in [2.75, 3.05) is 7.05 Å². The van der Waals surface area contributed by atoms with Gasteiger partial charge in [-0.05, 0) is 32.8 Å². The van der Waals surface area contributed by atoms with Gasteiger partial charge in [0.1, 0.15) is 6.07 Å². The summed E-state index contributed by atoms with van der Waals surface area (Å²) in [6.45, 7) is 8.19. The second-order valence-electron chi connectivity index (χ2n) is 3.59. The van der Waals surface area contributed by atoms with Crippen molar-refractivity contribution in [2.24, 2.45) is 0 Å². The van der Waals surface area contributed by atoms with E-state index in [-0.39, 0.29) is 0 Å². The first kappa shape index (κ1) is 12.8. The Morgan fingerprint density at radius 3 is 2.14 bits per heavy atom. The predicted octanol–water partition coefficient (Wildman–Crippen LogP) is 3.14. The van der Waals surface area contributed by atoms with Gasteiger partial charge in [0, 0.05) is 12.7 Å². The van der Waals surface area contributed by atoms with E-state index >= 15 is 0 Å². The molecule has 0 fully saturated rings. The van der Waals surface area contributed by atoms with Crippen LogP contribution in [0.1, 0.15) is 40.5 Å². The molecule has 0 aromatic heterocycles. The van der Waals surface area contributed by atoms with Crippen LogP contribution in [0.3, 0.4) is 0 Å². The van der Waals surface area contributed by atoms with E-state index in [0.717, 1.165) is 24.1 Å². The molecule has 0 rings (SSSR count). The van der Waals surface area contributed by atoms with Crippen molar-refractivity contribution in [3.63, 3.8) is 0 Å². The number of hydrogen-bond donors (Lipinski definition) is 1. The van der Waals surface area contributed by atoms with Crippen LogP contribution >= 0.6 is 0 Å². The topological polar surface area (TPSA) is 35.8 Å². The molecule has 78 valence electrons. The van der Waals surface area contributed by atoms with Crippen molar-refractivity contribution in [3.05, 3.63) is 22.4 Å². The van der Waals surface area contributed by atoms with Gasteiger partial charge in [0.15, 0.2) is 0 Å². The highest BCUT2D eigenvalue weighted by molar-refractivity contribution is 5.46. The molecule has 1 N–H and O–H groups in total. The van der Waals surface area contributed by atoms with E-state index in [2.05, 4.69) is 32.2 Å². The van der Waals surface area contributed by atoms with Crippen LogP contribution in [0, 0.1) is 11.3 Å². The Bertz CT molecular complexity index is 286. The van der Waals surface area contributed by atoms with Crippen molar-refractivity contribution in [2.45, 2.75) is 40.5 Å². The zero-order chi connectivity index (χ0) is 11.1. The smallest absolute Gasteiger partial charge is 0.101 e. The summed E-state index contributed by atoms with van der Waals surface area (Å²) in [5.41, 5.74) is 4.17. The van der Waals surface area contributed by atoms with Crippen molar-refractivity contribution >= 4 is 0 Å². The zero-order valence-electron chi connectivity index (χ0n) is 9.86. The van der Waals surface area contributed by atoms with Crippen LogP contribution in [0.5, 0.6) is 0 Å². The summed E-state index contributed by atoms with van der Waals surface area (Å²) in [7, 11) is 1.85. The number of allylic oxidation sites excluding steroid dienone is 4. The van der Waals surface area contributed by atoms with Crippen molar-refractivity contribution in [1.29, 1.82) is 5.26 Å². The molecular formula is C12H20N2.